The highest BCUT2D eigenvalue weighted by atomic mass is 28.4. The number of fused-ring (bicyclic) bond motifs is 5. The SMILES string of the molecule is CC(C)(C)[Si](C)(C)OC1CC(=O)C=C2C=C[C@H]3[C@@H]4CCC[C@@]4(C)CC[C@@H]3[C@]21C. The summed E-state index contributed by atoms with van der Waals surface area (Å²) in [6.07, 6.45) is 14.1. The second kappa shape index (κ2) is 6.41. The molecule has 156 valence electrons. The van der Waals surface area contributed by atoms with Crippen molar-refractivity contribution in [1.82, 2.24) is 0 Å². The van der Waals surface area contributed by atoms with Gasteiger partial charge >= 0.3 is 0 Å². The summed E-state index contributed by atoms with van der Waals surface area (Å²) in [6.45, 7) is 16.6. The maximum Gasteiger partial charge on any atom is 0.192 e. The van der Waals surface area contributed by atoms with Gasteiger partial charge in [-0.1, -0.05) is 53.2 Å². The molecule has 0 amide bonds. The van der Waals surface area contributed by atoms with Crippen LogP contribution in [0.25, 0.3) is 0 Å². The van der Waals surface area contributed by atoms with Crippen LogP contribution in [0, 0.1) is 28.6 Å². The summed E-state index contributed by atoms with van der Waals surface area (Å²) in [6, 6.07) is 0. The van der Waals surface area contributed by atoms with Gasteiger partial charge in [0.05, 0.1) is 6.10 Å². The van der Waals surface area contributed by atoms with Crippen LogP contribution in [0.1, 0.15) is 73.1 Å². The van der Waals surface area contributed by atoms with Crippen LogP contribution in [0.15, 0.2) is 23.8 Å². The molecule has 0 aromatic carbocycles. The third-order valence-electron chi connectivity index (χ3n) is 9.62. The summed E-state index contributed by atoms with van der Waals surface area (Å²) < 4.78 is 7.01. The van der Waals surface area contributed by atoms with Crippen LogP contribution in [0.3, 0.4) is 0 Å². The number of hydrogen-bond donors (Lipinski definition) is 0. The molecule has 2 fully saturated rings. The van der Waals surface area contributed by atoms with Crippen molar-refractivity contribution in [2.75, 3.05) is 0 Å². The van der Waals surface area contributed by atoms with Gasteiger partial charge in [0.2, 0.25) is 0 Å². The predicted molar refractivity (Wildman–Crippen MR) is 119 cm³/mol. The molecule has 0 heterocycles. The van der Waals surface area contributed by atoms with Gasteiger partial charge < -0.3 is 4.43 Å². The van der Waals surface area contributed by atoms with E-state index in [1.807, 2.05) is 6.08 Å². The molecule has 0 spiro atoms. The number of carbonyl (C=O) groups excluding carboxylic acids is 1. The lowest BCUT2D eigenvalue weighted by Crippen LogP contribution is -2.57. The smallest absolute Gasteiger partial charge is 0.192 e. The average molecular weight is 401 g/mol. The quantitative estimate of drug-likeness (QED) is 0.483. The van der Waals surface area contributed by atoms with E-state index in [0.717, 1.165) is 5.92 Å². The lowest BCUT2D eigenvalue weighted by atomic mass is 9.49. The van der Waals surface area contributed by atoms with Crippen molar-refractivity contribution in [3.05, 3.63) is 23.8 Å². The van der Waals surface area contributed by atoms with E-state index in [1.165, 1.54) is 37.7 Å². The first-order valence-electron chi connectivity index (χ1n) is 11.5. The molecule has 0 aromatic heterocycles. The lowest BCUT2D eigenvalue weighted by Gasteiger charge is -2.58. The van der Waals surface area contributed by atoms with E-state index < -0.39 is 8.32 Å². The minimum atomic E-state index is -1.95. The first kappa shape index (κ1) is 20.6. The fraction of sp³-hybridized carbons (Fsp3) is 0.800. The zero-order valence-electron chi connectivity index (χ0n) is 19.1. The normalized spacial score (nSPS) is 43.2. The van der Waals surface area contributed by atoms with Crippen LogP contribution in [0.4, 0.5) is 0 Å². The average Bonchev–Trinajstić information content (AvgIpc) is 2.96. The molecule has 28 heavy (non-hydrogen) atoms. The van der Waals surface area contributed by atoms with E-state index in [1.54, 1.807) is 0 Å². The Morgan fingerprint density at radius 1 is 1.11 bits per heavy atom. The minimum Gasteiger partial charge on any atom is -0.413 e. The standard InChI is InChI=1S/C25H40O2Si/c1-23(2,3)28(6,7)27-22-16-18(26)15-17-10-11-19-20-9-8-13-24(20,4)14-12-21(19)25(17,22)5/h10-11,15,19-22H,8-9,12-14,16H2,1-7H3/t19-,20-,21-,22?,24-,25-/m0/s1. The van der Waals surface area contributed by atoms with Gasteiger partial charge in [-0.05, 0) is 78.6 Å². The number of allylic oxidation sites excluding steroid dienone is 3. The number of carbonyl (C=O) groups is 1. The van der Waals surface area contributed by atoms with Crippen LogP contribution in [0.2, 0.25) is 18.1 Å². The molecule has 4 aliphatic rings. The minimum absolute atomic E-state index is 0.0211. The molecule has 1 unspecified atom stereocenters. The maximum absolute atomic E-state index is 12.6. The Balaban J connectivity index is 1.73. The van der Waals surface area contributed by atoms with Gasteiger partial charge in [0.15, 0.2) is 14.1 Å². The van der Waals surface area contributed by atoms with Crippen molar-refractivity contribution in [3.63, 3.8) is 0 Å². The van der Waals surface area contributed by atoms with Gasteiger partial charge in [-0.25, -0.2) is 0 Å². The third-order valence-corrected chi connectivity index (χ3v) is 14.1. The van der Waals surface area contributed by atoms with E-state index in [4.69, 9.17) is 4.43 Å². The van der Waals surface area contributed by atoms with Crippen molar-refractivity contribution in [1.29, 1.82) is 0 Å². The predicted octanol–water partition coefficient (Wildman–Crippen LogP) is 6.68. The third kappa shape index (κ3) is 2.95. The fourth-order valence-corrected chi connectivity index (χ4v) is 8.11. The molecule has 0 N–H and O–H groups in total. The topological polar surface area (TPSA) is 26.3 Å². The van der Waals surface area contributed by atoms with E-state index in [2.05, 4.69) is 59.9 Å². The Labute approximate surface area is 173 Å². The zero-order valence-corrected chi connectivity index (χ0v) is 20.1. The number of rotatable bonds is 2. The van der Waals surface area contributed by atoms with Gasteiger partial charge in [0.25, 0.3) is 0 Å². The van der Waals surface area contributed by atoms with Crippen LogP contribution in [-0.2, 0) is 9.22 Å². The summed E-state index contributed by atoms with van der Waals surface area (Å²) in [5.74, 6) is 2.33. The molecule has 0 saturated heterocycles. The molecule has 4 rings (SSSR count). The fourth-order valence-electron chi connectivity index (χ4n) is 6.71. The Bertz CT molecular complexity index is 727. The van der Waals surface area contributed by atoms with Crippen molar-refractivity contribution < 1.29 is 9.22 Å². The van der Waals surface area contributed by atoms with Crippen molar-refractivity contribution >= 4 is 14.1 Å². The second-order valence-electron chi connectivity index (χ2n) is 12.2. The Morgan fingerprint density at radius 3 is 2.50 bits per heavy atom. The first-order valence-corrected chi connectivity index (χ1v) is 14.4. The highest BCUT2D eigenvalue weighted by molar-refractivity contribution is 6.74. The van der Waals surface area contributed by atoms with E-state index in [-0.39, 0.29) is 22.3 Å². The Kier molecular flexibility index (Phi) is 4.71. The summed E-state index contributed by atoms with van der Waals surface area (Å²) in [5.41, 5.74) is 1.76. The molecule has 0 bridgehead atoms. The van der Waals surface area contributed by atoms with Crippen LogP contribution >= 0.6 is 0 Å². The number of hydrogen-bond acceptors (Lipinski definition) is 2. The molecular weight excluding hydrogens is 360 g/mol. The lowest BCUT2D eigenvalue weighted by molar-refractivity contribution is -0.121. The van der Waals surface area contributed by atoms with Gasteiger partial charge in [0.1, 0.15) is 0 Å². The molecule has 2 saturated carbocycles. The maximum atomic E-state index is 12.6. The van der Waals surface area contributed by atoms with Gasteiger partial charge in [-0.15, -0.1) is 0 Å². The molecule has 3 heteroatoms. The van der Waals surface area contributed by atoms with Crippen molar-refractivity contribution in [2.24, 2.45) is 28.6 Å². The molecule has 0 aliphatic heterocycles. The molecule has 4 aliphatic carbocycles. The summed E-state index contributed by atoms with van der Waals surface area (Å²) in [7, 11) is -1.95. The second-order valence-corrected chi connectivity index (χ2v) is 16.9. The largest absolute Gasteiger partial charge is 0.413 e. The van der Waals surface area contributed by atoms with Crippen LogP contribution < -0.4 is 0 Å². The molecule has 2 nitrogen and oxygen atoms in total. The van der Waals surface area contributed by atoms with Crippen LogP contribution in [0.5, 0.6) is 0 Å². The Morgan fingerprint density at radius 2 is 1.82 bits per heavy atom. The Hall–Kier alpha value is -0.673. The highest BCUT2D eigenvalue weighted by Crippen LogP contribution is 2.64. The number of ketones is 1. The van der Waals surface area contributed by atoms with Crippen LogP contribution in [-0.4, -0.2) is 20.2 Å². The van der Waals surface area contributed by atoms with Gasteiger partial charge in [0, 0.05) is 11.8 Å². The molecule has 0 aromatic rings. The highest BCUT2D eigenvalue weighted by Gasteiger charge is 2.59. The zero-order chi connectivity index (χ0) is 20.5. The van der Waals surface area contributed by atoms with Gasteiger partial charge in [-0.2, -0.15) is 0 Å². The van der Waals surface area contributed by atoms with E-state index >= 15 is 0 Å². The van der Waals surface area contributed by atoms with Gasteiger partial charge in [-0.3, -0.25) is 4.79 Å². The molecule has 0 radical (unpaired) electrons. The van der Waals surface area contributed by atoms with E-state index in [9.17, 15) is 4.79 Å². The summed E-state index contributed by atoms with van der Waals surface area (Å²) >= 11 is 0. The summed E-state index contributed by atoms with van der Waals surface area (Å²) in [4.78, 5) is 12.6. The van der Waals surface area contributed by atoms with Crippen molar-refractivity contribution in [2.45, 2.75) is 97.4 Å². The summed E-state index contributed by atoms with van der Waals surface area (Å²) in [5, 5.41) is 0.161. The van der Waals surface area contributed by atoms with E-state index in [0.29, 0.717) is 23.7 Å². The monoisotopic (exact) mass is 400 g/mol. The van der Waals surface area contributed by atoms with Crippen molar-refractivity contribution in [3.8, 4) is 0 Å². The molecule has 6 atom stereocenters. The first-order chi connectivity index (χ1) is 12.9. The molecular formula is C25H40O2Si.